The van der Waals surface area contributed by atoms with Crippen LogP contribution in [0.1, 0.15) is 11.3 Å². The molecule has 0 bridgehead atoms. The number of methoxy groups -OCH3 is 1. The smallest absolute Gasteiger partial charge is 0.213 e. The second-order valence-corrected chi connectivity index (χ2v) is 4.81. The zero-order valence-electron chi connectivity index (χ0n) is 12.4. The number of hydrogen-bond acceptors (Lipinski definition) is 5. The minimum Gasteiger partial charge on any atom is -0.481 e. The number of imidazole rings is 1. The number of nitrogens with one attached hydrogen (secondary N) is 1. The normalized spacial score (nSPS) is 10.6. The van der Waals surface area contributed by atoms with Crippen LogP contribution in [0.4, 0.5) is 5.95 Å². The molecule has 2 aromatic heterocycles. The van der Waals surface area contributed by atoms with Crippen molar-refractivity contribution in [2.45, 2.75) is 13.1 Å². The quantitative estimate of drug-likeness (QED) is 0.858. The van der Waals surface area contributed by atoms with Crippen molar-refractivity contribution < 1.29 is 4.74 Å². The maximum absolute atomic E-state index is 5.11. The van der Waals surface area contributed by atoms with E-state index in [2.05, 4.69) is 19.9 Å². The summed E-state index contributed by atoms with van der Waals surface area (Å²) in [4.78, 5) is 10.5. The SMILES string of the molecule is COc1cc(CNCc2cnc(N(C)C)n2C)ccn1. The van der Waals surface area contributed by atoms with E-state index in [4.69, 9.17) is 4.74 Å². The highest BCUT2D eigenvalue weighted by Gasteiger charge is 2.07. The van der Waals surface area contributed by atoms with Gasteiger partial charge in [-0.3, -0.25) is 0 Å². The number of aromatic nitrogens is 3. The number of ether oxygens (including phenoxy) is 1. The van der Waals surface area contributed by atoms with Crippen molar-refractivity contribution in [1.82, 2.24) is 19.9 Å². The van der Waals surface area contributed by atoms with Gasteiger partial charge in [-0.05, 0) is 11.6 Å². The Morgan fingerprint density at radius 2 is 2.10 bits per heavy atom. The average molecular weight is 275 g/mol. The van der Waals surface area contributed by atoms with Crippen LogP contribution in [0.2, 0.25) is 0 Å². The Balaban J connectivity index is 1.92. The average Bonchev–Trinajstić information content (AvgIpc) is 2.81. The Bertz CT molecular complexity index is 564. The van der Waals surface area contributed by atoms with Crippen LogP contribution in [0.25, 0.3) is 0 Å². The monoisotopic (exact) mass is 275 g/mol. The summed E-state index contributed by atoms with van der Waals surface area (Å²) in [5.74, 6) is 1.59. The van der Waals surface area contributed by atoms with Gasteiger partial charge >= 0.3 is 0 Å². The predicted molar refractivity (Wildman–Crippen MR) is 78.9 cm³/mol. The molecule has 2 heterocycles. The summed E-state index contributed by atoms with van der Waals surface area (Å²) < 4.78 is 7.19. The Labute approximate surface area is 119 Å². The van der Waals surface area contributed by atoms with E-state index in [1.54, 1.807) is 13.3 Å². The molecule has 0 radical (unpaired) electrons. The molecule has 0 aliphatic heterocycles. The van der Waals surface area contributed by atoms with Gasteiger partial charge in [0.15, 0.2) is 0 Å². The molecule has 0 spiro atoms. The first-order chi connectivity index (χ1) is 9.61. The van der Waals surface area contributed by atoms with E-state index in [1.807, 2.05) is 44.4 Å². The third-order valence-corrected chi connectivity index (χ3v) is 3.10. The van der Waals surface area contributed by atoms with Gasteiger partial charge in [0, 0.05) is 46.5 Å². The highest BCUT2D eigenvalue weighted by atomic mass is 16.5. The molecule has 0 fully saturated rings. The predicted octanol–water partition coefficient (Wildman–Crippen LogP) is 1.18. The van der Waals surface area contributed by atoms with Crippen LogP contribution in [0.5, 0.6) is 5.88 Å². The molecule has 0 saturated carbocycles. The van der Waals surface area contributed by atoms with Crippen molar-refractivity contribution in [3.8, 4) is 5.88 Å². The molecule has 20 heavy (non-hydrogen) atoms. The molecular formula is C14H21N5O. The fourth-order valence-corrected chi connectivity index (χ4v) is 2.02. The van der Waals surface area contributed by atoms with Crippen LogP contribution >= 0.6 is 0 Å². The van der Waals surface area contributed by atoms with Gasteiger partial charge in [-0.15, -0.1) is 0 Å². The van der Waals surface area contributed by atoms with Gasteiger partial charge < -0.3 is 19.5 Å². The second kappa shape index (κ2) is 6.38. The first-order valence-corrected chi connectivity index (χ1v) is 6.49. The summed E-state index contributed by atoms with van der Waals surface area (Å²) in [6.45, 7) is 1.53. The molecule has 0 atom stereocenters. The molecule has 2 rings (SSSR count). The van der Waals surface area contributed by atoms with Crippen LogP contribution in [-0.2, 0) is 20.1 Å². The highest BCUT2D eigenvalue weighted by Crippen LogP contribution is 2.11. The van der Waals surface area contributed by atoms with Gasteiger partial charge in [-0.1, -0.05) is 0 Å². The maximum Gasteiger partial charge on any atom is 0.213 e. The lowest BCUT2D eigenvalue weighted by atomic mass is 10.2. The minimum absolute atomic E-state index is 0.639. The van der Waals surface area contributed by atoms with Gasteiger partial charge in [0.05, 0.1) is 19.0 Å². The van der Waals surface area contributed by atoms with Crippen molar-refractivity contribution in [3.05, 3.63) is 35.8 Å². The van der Waals surface area contributed by atoms with Gasteiger partial charge in [-0.25, -0.2) is 9.97 Å². The third-order valence-electron chi connectivity index (χ3n) is 3.10. The third kappa shape index (κ3) is 3.27. The standard InChI is InChI=1S/C14H21N5O/c1-18(2)14-17-10-12(19(14)3)9-15-8-11-5-6-16-13(7-11)20-4/h5-7,10,15H,8-9H2,1-4H3. The number of nitrogens with zero attached hydrogens (tertiary/aromatic N) is 4. The molecular weight excluding hydrogens is 254 g/mol. The number of pyridine rings is 1. The molecule has 6 nitrogen and oxygen atoms in total. The Morgan fingerprint density at radius 3 is 2.75 bits per heavy atom. The molecule has 0 aliphatic carbocycles. The Kier molecular flexibility index (Phi) is 4.57. The minimum atomic E-state index is 0.639. The van der Waals surface area contributed by atoms with Crippen LogP contribution in [0, 0.1) is 0 Å². The summed E-state index contributed by atoms with van der Waals surface area (Å²) in [5, 5.41) is 3.40. The maximum atomic E-state index is 5.11. The molecule has 0 amide bonds. The Hall–Kier alpha value is -2.08. The van der Waals surface area contributed by atoms with Crippen molar-refractivity contribution in [3.63, 3.8) is 0 Å². The molecule has 0 saturated heterocycles. The lowest BCUT2D eigenvalue weighted by molar-refractivity contribution is 0.397. The lowest BCUT2D eigenvalue weighted by Crippen LogP contribution is -2.18. The van der Waals surface area contributed by atoms with E-state index in [0.29, 0.717) is 5.88 Å². The van der Waals surface area contributed by atoms with Crippen LogP contribution in [0.15, 0.2) is 24.5 Å². The van der Waals surface area contributed by atoms with Crippen molar-refractivity contribution >= 4 is 5.95 Å². The zero-order valence-corrected chi connectivity index (χ0v) is 12.4. The van der Waals surface area contributed by atoms with Crippen molar-refractivity contribution in [2.24, 2.45) is 7.05 Å². The highest BCUT2D eigenvalue weighted by molar-refractivity contribution is 5.31. The van der Waals surface area contributed by atoms with Gasteiger partial charge in [0.1, 0.15) is 0 Å². The number of rotatable bonds is 6. The van der Waals surface area contributed by atoms with E-state index in [-0.39, 0.29) is 0 Å². The van der Waals surface area contributed by atoms with E-state index in [9.17, 15) is 0 Å². The van der Waals surface area contributed by atoms with E-state index < -0.39 is 0 Å². The zero-order chi connectivity index (χ0) is 14.5. The van der Waals surface area contributed by atoms with Crippen LogP contribution in [-0.4, -0.2) is 35.7 Å². The van der Waals surface area contributed by atoms with E-state index in [0.717, 1.165) is 30.3 Å². The number of anilines is 1. The Morgan fingerprint density at radius 1 is 1.30 bits per heavy atom. The second-order valence-electron chi connectivity index (χ2n) is 4.81. The molecule has 2 aromatic rings. The molecule has 108 valence electrons. The summed E-state index contributed by atoms with van der Waals surface area (Å²) in [6, 6.07) is 3.91. The molecule has 0 aromatic carbocycles. The van der Waals surface area contributed by atoms with Gasteiger partial charge in [0.2, 0.25) is 11.8 Å². The van der Waals surface area contributed by atoms with E-state index >= 15 is 0 Å². The fourth-order valence-electron chi connectivity index (χ4n) is 2.02. The molecule has 0 unspecified atom stereocenters. The first kappa shape index (κ1) is 14.3. The number of hydrogen-bond donors (Lipinski definition) is 1. The first-order valence-electron chi connectivity index (χ1n) is 6.49. The summed E-state index contributed by atoms with van der Waals surface area (Å²) in [6.07, 6.45) is 3.65. The van der Waals surface area contributed by atoms with Crippen LogP contribution in [0.3, 0.4) is 0 Å². The van der Waals surface area contributed by atoms with Crippen molar-refractivity contribution in [2.75, 3.05) is 26.1 Å². The van der Waals surface area contributed by atoms with Crippen molar-refractivity contribution in [1.29, 1.82) is 0 Å². The molecule has 6 heteroatoms. The lowest BCUT2D eigenvalue weighted by Gasteiger charge is -2.13. The summed E-state index contributed by atoms with van der Waals surface area (Å²) in [5.41, 5.74) is 2.29. The van der Waals surface area contributed by atoms with Crippen LogP contribution < -0.4 is 15.0 Å². The van der Waals surface area contributed by atoms with Gasteiger partial charge in [-0.2, -0.15) is 0 Å². The van der Waals surface area contributed by atoms with E-state index in [1.165, 1.54) is 0 Å². The largest absolute Gasteiger partial charge is 0.481 e. The topological polar surface area (TPSA) is 55.2 Å². The molecule has 1 N–H and O–H groups in total. The fraction of sp³-hybridized carbons (Fsp3) is 0.429. The molecule has 0 aliphatic rings. The van der Waals surface area contributed by atoms with Gasteiger partial charge in [0.25, 0.3) is 0 Å². The summed E-state index contributed by atoms with van der Waals surface area (Å²) >= 11 is 0. The summed E-state index contributed by atoms with van der Waals surface area (Å²) in [7, 11) is 7.62.